The van der Waals surface area contributed by atoms with Crippen LogP contribution in [-0.2, 0) is 16.0 Å². The van der Waals surface area contributed by atoms with Crippen molar-refractivity contribution in [3.63, 3.8) is 0 Å². The Labute approximate surface area is 203 Å². The Balaban J connectivity index is 1.36. The van der Waals surface area contributed by atoms with Gasteiger partial charge in [0.1, 0.15) is 0 Å². The molecule has 1 fully saturated rings. The molecule has 4 aromatic rings. The minimum atomic E-state index is -0.434. The number of halogens is 1. The molecule has 0 radical (unpaired) electrons. The first-order valence-electron chi connectivity index (χ1n) is 11.3. The molecule has 6 nitrogen and oxygen atoms in total. The van der Waals surface area contributed by atoms with Crippen LogP contribution in [0.3, 0.4) is 0 Å². The van der Waals surface area contributed by atoms with Gasteiger partial charge < -0.3 is 24.3 Å². The third-order valence-electron chi connectivity index (χ3n) is 6.08. The van der Waals surface area contributed by atoms with E-state index in [1.165, 1.54) is 18.4 Å². The Morgan fingerprint density at radius 1 is 1.06 bits per heavy atom. The van der Waals surface area contributed by atoms with Gasteiger partial charge in [-0.1, -0.05) is 23.7 Å². The molecule has 1 N–H and O–H groups in total. The molecule has 0 bridgehead atoms. The molecule has 3 aromatic carbocycles. The van der Waals surface area contributed by atoms with Gasteiger partial charge in [-0.05, 0) is 60.2 Å². The van der Waals surface area contributed by atoms with Crippen molar-refractivity contribution >= 4 is 45.5 Å². The van der Waals surface area contributed by atoms with Crippen LogP contribution in [0.1, 0.15) is 15.9 Å². The second kappa shape index (κ2) is 9.79. The number of esters is 1. The van der Waals surface area contributed by atoms with Gasteiger partial charge >= 0.3 is 5.97 Å². The van der Waals surface area contributed by atoms with Gasteiger partial charge in [0.25, 0.3) is 0 Å². The molecular weight excluding hydrogens is 450 g/mol. The molecule has 0 amide bonds. The van der Waals surface area contributed by atoms with Crippen molar-refractivity contribution < 1.29 is 14.3 Å². The number of nitrogens with zero attached hydrogens (tertiary/aromatic N) is 2. The number of rotatable bonds is 6. The SMILES string of the molecule is COC(=O)c1cc(Cl)ccc1Nc1ccc2c(ccn2Cc2cccc(N3CCOCC3)c2)c1. The molecule has 0 saturated carbocycles. The maximum Gasteiger partial charge on any atom is 0.340 e. The zero-order valence-electron chi connectivity index (χ0n) is 19.0. The third-order valence-corrected chi connectivity index (χ3v) is 6.31. The van der Waals surface area contributed by atoms with Gasteiger partial charge in [-0.2, -0.15) is 0 Å². The Hall–Kier alpha value is -3.48. The van der Waals surface area contributed by atoms with E-state index in [0.717, 1.165) is 49.4 Å². The van der Waals surface area contributed by atoms with E-state index in [2.05, 4.69) is 63.4 Å². The van der Waals surface area contributed by atoms with E-state index >= 15 is 0 Å². The topological polar surface area (TPSA) is 55.7 Å². The van der Waals surface area contributed by atoms with Crippen LogP contribution in [0.5, 0.6) is 0 Å². The first-order chi connectivity index (χ1) is 16.6. The van der Waals surface area contributed by atoms with E-state index in [1.54, 1.807) is 18.2 Å². The van der Waals surface area contributed by atoms with Crippen LogP contribution in [-0.4, -0.2) is 43.9 Å². The third kappa shape index (κ3) is 4.74. The molecule has 1 aromatic heterocycles. The standard InChI is InChI=1S/C27H26ClN3O3/c1-33-27(32)24-17-21(28)5-7-25(24)29-22-6-8-26-20(16-22)9-10-31(26)18-19-3-2-4-23(15-19)30-11-13-34-14-12-30/h2-10,15-17,29H,11-14,18H2,1H3. The lowest BCUT2D eigenvalue weighted by molar-refractivity contribution is 0.0602. The summed E-state index contributed by atoms with van der Waals surface area (Å²) in [5, 5.41) is 4.92. The molecule has 34 heavy (non-hydrogen) atoms. The zero-order chi connectivity index (χ0) is 23.5. The zero-order valence-corrected chi connectivity index (χ0v) is 19.7. The molecular formula is C27H26ClN3O3. The van der Waals surface area contributed by atoms with Gasteiger partial charge in [0.2, 0.25) is 0 Å². The predicted molar refractivity (Wildman–Crippen MR) is 137 cm³/mol. The molecule has 5 rings (SSSR count). The number of anilines is 3. The lowest BCUT2D eigenvalue weighted by atomic mass is 10.1. The number of hydrogen-bond acceptors (Lipinski definition) is 5. The van der Waals surface area contributed by atoms with Gasteiger partial charge in [-0.3, -0.25) is 0 Å². The molecule has 1 saturated heterocycles. The van der Waals surface area contributed by atoms with E-state index < -0.39 is 5.97 Å². The highest BCUT2D eigenvalue weighted by atomic mass is 35.5. The Morgan fingerprint density at radius 2 is 1.91 bits per heavy atom. The van der Waals surface area contributed by atoms with Crippen LogP contribution in [0.2, 0.25) is 5.02 Å². The highest BCUT2D eigenvalue weighted by molar-refractivity contribution is 6.31. The fourth-order valence-electron chi connectivity index (χ4n) is 4.35. The van der Waals surface area contributed by atoms with Crippen LogP contribution < -0.4 is 10.2 Å². The first kappa shape index (κ1) is 22.3. The summed E-state index contributed by atoms with van der Waals surface area (Å²) < 4.78 is 12.6. The largest absolute Gasteiger partial charge is 0.465 e. The van der Waals surface area contributed by atoms with Crippen LogP contribution in [0.4, 0.5) is 17.1 Å². The molecule has 0 atom stereocenters. The fourth-order valence-corrected chi connectivity index (χ4v) is 4.52. The average Bonchev–Trinajstić information content (AvgIpc) is 3.27. The summed E-state index contributed by atoms with van der Waals surface area (Å²) >= 11 is 6.08. The minimum absolute atomic E-state index is 0.396. The van der Waals surface area contributed by atoms with Gasteiger partial charge in [0.15, 0.2) is 0 Å². The number of carbonyl (C=O) groups is 1. The summed E-state index contributed by atoms with van der Waals surface area (Å²) in [6, 6.07) is 22.1. The van der Waals surface area contributed by atoms with E-state index in [-0.39, 0.29) is 0 Å². The van der Waals surface area contributed by atoms with Crippen molar-refractivity contribution in [1.29, 1.82) is 0 Å². The van der Waals surface area contributed by atoms with Crippen molar-refractivity contribution in [2.24, 2.45) is 0 Å². The smallest absolute Gasteiger partial charge is 0.340 e. The Bertz CT molecular complexity index is 1330. The van der Waals surface area contributed by atoms with Crippen LogP contribution in [0.25, 0.3) is 10.9 Å². The van der Waals surface area contributed by atoms with Gasteiger partial charge in [0, 0.05) is 53.1 Å². The van der Waals surface area contributed by atoms with E-state index in [0.29, 0.717) is 16.3 Å². The number of hydrogen-bond donors (Lipinski definition) is 1. The number of methoxy groups -OCH3 is 1. The molecule has 1 aliphatic heterocycles. The van der Waals surface area contributed by atoms with E-state index in [4.69, 9.17) is 21.1 Å². The van der Waals surface area contributed by atoms with Crippen molar-refractivity contribution in [3.8, 4) is 0 Å². The minimum Gasteiger partial charge on any atom is -0.465 e. The van der Waals surface area contributed by atoms with E-state index in [9.17, 15) is 4.79 Å². The van der Waals surface area contributed by atoms with Gasteiger partial charge in [-0.25, -0.2) is 4.79 Å². The molecule has 7 heteroatoms. The molecule has 0 aliphatic carbocycles. The van der Waals surface area contributed by atoms with Crippen LogP contribution in [0.15, 0.2) is 72.9 Å². The Kier molecular flexibility index (Phi) is 6.43. The normalized spacial score (nSPS) is 13.8. The lowest BCUT2D eigenvalue weighted by Gasteiger charge is -2.29. The maximum atomic E-state index is 12.2. The van der Waals surface area contributed by atoms with Crippen molar-refractivity contribution in [1.82, 2.24) is 4.57 Å². The highest BCUT2D eigenvalue weighted by Crippen LogP contribution is 2.28. The summed E-state index contributed by atoms with van der Waals surface area (Å²) in [6.07, 6.45) is 2.11. The highest BCUT2D eigenvalue weighted by Gasteiger charge is 2.14. The number of morpholine rings is 1. The summed E-state index contributed by atoms with van der Waals surface area (Å²) in [5.74, 6) is -0.434. The number of aromatic nitrogens is 1. The molecule has 174 valence electrons. The van der Waals surface area contributed by atoms with E-state index in [1.807, 2.05) is 6.07 Å². The summed E-state index contributed by atoms with van der Waals surface area (Å²) in [6.45, 7) is 4.20. The first-order valence-corrected chi connectivity index (χ1v) is 11.6. The summed E-state index contributed by atoms with van der Waals surface area (Å²) in [5.41, 5.74) is 5.57. The number of nitrogens with one attached hydrogen (secondary N) is 1. The molecule has 1 aliphatic rings. The molecule has 0 unspecified atom stereocenters. The summed E-state index contributed by atoms with van der Waals surface area (Å²) in [4.78, 5) is 14.5. The maximum absolute atomic E-state index is 12.2. The summed E-state index contributed by atoms with van der Waals surface area (Å²) in [7, 11) is 1.36. The number of ether oxygens (including phenoxy) is 2. The van der Waals surface area contributed by atoms with Crippen molar-refractivity contribution in [2.75, 3.05) is 43.6 Å². The number of fused-ring (bicyclic) bond motifs is 1. The van der Waals surface area contributed by atoms with Gasteiger partial charge in [0.05, 0.1) is 31.6 Å². The second-order valence-corrected chi connectivity index (χ2v) is 8.73. The lowest BCUT2D eigenvalue weighted by Crippen LogP contribution is -2.36. The van der Waals surface area contributed by atoms with Crippen LogP contribution in [0, 0.1) is 0 Å². The Morgan fingerprint density at radius 3 is 2.74 bits per heavy atom. The van der Waals surface area contributed by atoms with Crippen LogP contribution >= 0.6 is 11.6 Å². The second-order valence-electron chi connectivity index (χ2n) is 8.29. The average molecular weight is 476 g/mol. The van der Waals surface area contributed by atoms with Crippen molar-refractivity contribution in [3.05, 3.63) is 89.1 Å². The fraction of sp³-hybridized carbons (Fsp3) is 0.222. The number of carbonyl (C=O) groups excluding carboxylic acids is 1. The molecule has 0 spiro atoms. The predicted octanol–water partition coefficient (Wildman–Crippen LogP) is 5.71. The quantitative estimate of drug-likeness (QED) is 0.362. The van der Waals surface area contributed by atoms with Crippen molar-refractivity contribution in [2.45, 2.75) is 6.54 Å². The molecule has 2 heterocycles. The number of benzene rings is 3. The monoisotopic (exact) mass is 475 g/mol. The van der Waals surface area contributed by atoms with Gasteiger partial charge in [-0.15, -0.1) is 0 Å².